The van der Waals surface area contributed by atoms with E-state index >= 15 is 0 Å². The largest absolute Gasteiger partial charge is 0.356 e. The topological polar surface area (TPSA) is 72.2 Å². The molecule has 0 aliphatic carbocycles. The summed E-state index contributed by atoms with van der Waals surface area (Å²) in [5.74, 6) is 0.616. The van der Waals surface area contributed by atoms with Gasteiger partial charge in [0.1, 0.15) is 0 Å². The lowest BCUT2D eigenvalue weighted by molar-refractivity contribution is 0.427. The fourth-order valence-corrected chi connectivity index (χ4v) is 4.04. The molecule has 1 aromatic heterocycles. The Bertz CT molecular complexity index is 1010. The van der Waals surface area contributed by atoms with Crippen LogP contribution >= 0.6 is 11.6 Å². The lowest BCUT2D eigenvalue weighted by atomic mass is 10.1. The Hall–Kier alpha value is -2.15. The summed E-state index contributed by atoms with van der Waals surface area (Å²) in [6, 6.07) is 14.3. The molecule has 1 heterocycles. The number of hydrogen-bond acceptors (Lipinski definition) is 4. The molecule has 0 atom stereocenters. The number of rotatable bonds is 6. The Kier molecular flexibility index (Phi) is 5.46. The summed E-state index contributed by atoms with van der Waals surface area (Å²) < 4.78 is 33.0. The van der Waals surface area contributed by atoms with E-state index in [4.69, 9.17) is 16.1 Å². The lowest BCUT2D eigenvalue weighted by Gasteiger charge is -2.10. The van der Waals surface area contributed by atoms with Gasteiger partial charge in [0.25, 0.3) is 0 Å². The van der Waals surface area contributed by atoms with Crippen molar-refractivity contribution in [3.8, 4) is 11.3 Å². The summed E-state index contributed by atoms with van der Waals surface area (Å²) >= 11 is 5.85. The Morgan fingerprint density at radius 2 is 1.81 bits per heavy atom. The first-order chi connectivity index (χ1) is 12.3. The molecule has 26 heavy (non-hydrogen) atoms. The van der Waals surface area contributed by atoms with E-state index in [1.807, 2.05) is 25.1 Å². The molecule has 0 saturated heterocycles. The minimum atomic E-state index is -3.59. The Morgan fingerprint density at radius 3 is 2.42 bits per heavy atom. The number of halogens is 1. The van der Waals surface area contributed by atoms with Gasteiger partial charge in [-0.1, -0.05) is 28.9 Å². The van der Waals surface area contributed by atoms with Gasteiger partial charge in [-0.25, -0.2) is 13.1 Å². The zero-order chi connectivity index (χ0) is 18.7. The molecule has 7 heteroatoms. The number of aryl methyl sites for hydroxylation is 2. The minimum absolute atomic E-state index is 0.258. The van der Waals surface area contributed by atoms with Crippen LogP contribution < -0.4 is 4.72 Å². The highest BCUT2D eigenvalue weighted by atomic mass is 35.5. The highest BCUT2D eigenvalue weighted by Crippen LogP contribution is 2.25. The molecular formula is C19H19ClN2O3S. The van der Waals surface area contributed by atoms with Crippen molar-refractivity contribution in [3.63, 3.8) is 0 Å². The van der Waals surface area contributed by atoms with Crippen LogP contribution in [0.3, 0.4) is 0 Å². The van der Waals surface area contributed by atoms with E-state index in [0.717, 1.165) is 16.8 Å². The summed E-state index contributed by atoms with van der Waals surface area (Å²) in [5, 5.41) is 4.51. The van der Waals surface area contributed by atoms with Crippen molar-refractivity contribution in [1.29, 1.82) is 0 Å². The molecule has 136 valence electrons. The number of hydrogen-bond donors (Lipinski definition) is 1. The second-order valence-corrected chi connectivity index (χ2v) is 8.26. The van der Waals surface area contributed by atoms with Gasteiger partial charge in [0, 0.05) is 23.2 Å². The molecule has 0 bridgehead atoms. The first-order valence-electron chi connectivity index (χ1n) is 8.13. The number of benzene rings is 2. The molecule has 5 nitrogen and oxygen atoms in total. The zero-order valence-electron chi connectivity index (χ0n) is 14.5. The fourth-order valence-electron chi connectivity index (χ4n) is 2.66. The molecule has 0 spiro atoms. The van der Waals surface area contributed by atoms with Crippen LogP contribution in [0, 0.1) is 13.8 Å². The van der Waals surface area contributed by atoms with E-state index in [9.17, 15) is 8.42 Å². The Balaban J connectivity index is 1.71. The Labute approximate surface area is 158 Å². The van der Waals surface area contributed by atoms with Gasteiger partial charge in [-0.15, -0.1) is 0 Å². The zero-order valence-corrected chi connectivity index (χ0v) is 16.1. The average Bonchev–Trinajstić information content (AvgIpc) is 3.03. The van der Waals surface area contributed by atoms with Gasteiger partial charge < -0.3 is 4.52 Å². The van der Waals surface area contributed by atoms with E-state index in [0.29, 0.717) is 29.3 Å². The number of nitrogens with zero attached hydrogens (tertiary/aromatic N) is 1. The number of aromatic nitrogens is 1. The van der Waals surface area contributed by atoms with E-state index in [1.54, 1.807) is 37.3 Å². The molecule has 0 fully saturated rings. The Morgan fingerprint density at radius 1 is 1.08 bits per heavy atom. The monoisotopic (exact) mass is 390 g/mol. The van der Waals surface area contributed by atoms with Crippen molar-refractivity contribution < 1.29 is 12.9 Å². The van der Waals surface area contributed by atoms with Crippen molar-refractivity contribution in [2.45, 2.75) is 25.2 Å². The van der Waals surface area contributed by atoms with Crippen molar-refractivity contribution in [1.82, 2.24) is 9.88 Å². The molecule has 1 N–H and O–H groups in total. The SMILES string of the molecule is Cc1cc(-c2ccc(S(=O)(=O)NCCc3ccc(Cl)cc3)c(C)c2)on1. The molecule has 3 rings (SSSR count). The molecule has 3 aromatic rings. The van der Waals surface area contributed by atoms with E-state index in [1.165, 1.54) is 0 Å². The third-order valence-electron chi connectivity index (χ3n) is 4.00. The van der Waals surface area contributed by atoms with Crippen LogP contribution in [0.25, 0.3) is 11.3 Å². The van der Waals surface area contributed by atoms with Crippen LogP contribution in [0.15, 0.2) is 57.9 Å². The van der Waals surface area contributed by atoms with Gasteiger partial charge in [-0.2, -0.15) is 0 Å². The van der Waals surface area contributed by atoms with Crippen LogP contribution in [0.1, 0.15) is 16.8 Å². The molecule has 0 aliphatic rings. The molecule has 0 amide bonds. The standard InChI is InChI=1S/C19H19ClN2O3S/c1-13-11-16(18-12-14(2)22-25-18)5-8-19(13)26(23,24)21-10-9-15-3-6-17(20)7-4-15/h3-8,11-12,21H,9-10H2,1-2H3. The summed E-state index contributed by atoms with van der Waals surface area (Å²) in [6.45, 7) is 3.91. The first kappa shape index (κ1) is 18.6. The summed E-state index contributed by atoms with van der Waals surface area (Å²) in [6.07, 6.45) is 0.588. The number of sulfonamides is 1. The van der Waals surface area contributed by atoms with Gasteiger partial charge >= 0.3 is 0 Å². The molecular weight excluding hydrogens is 372 g/mol. The minimum Gasteiger partial charge on any atom is -0.356 e. The van der Waals surface area contributed by atoms with Crippen LogP contribution in [-0.4, -0.2) is 20.1 Å². The van der Waals surface area contributed by atoms with Crippen LogP contribution in [0.5, 0.6) is 0 Å². The maximum atomic E-state index is 12.6. The molecule has 2 aromatic carbocycles. The van der Waals surface area contributed by atoms with Crippen molar-refractivity contribution in [2.75, 3.05) is 6.54 Å². The first-order valence-corrected chi connectivity index (χ1v) is 10.00. The molecule has 0 saturated carbocycles. The summed E-state index contributed by atoms with van der Waals surface area (Å²) in [7, 11) is -3.59. The second-order valence-electron chi connectivity index (χ2n) is 6.09. The van der Waals surface area contributed by atoms with E-state index in [-0.39, 0.29) is 4.90 Å². The molecule has 0 aliphatic heterocycles. The molecule has 0 radical (unpaired) electrons. The summed E-state index contributed by atoms with van der Waals surface area (Å²) in [4.78, 5) is 0.258. The predicted octanol–water partition coefficient (Wildman–Crippen LogP) is 4.13. The summed E-state index contributed by atoms with van der Waals surface area (Å²) in [5.41, 5.74) is 3.24. The van der Waals surface area contributed by atoms with Gasteiger partial charge in [0.2, 0.25) is 10.0 Å². The van der Waals surface area contributed by atoms with E-state index < -0.39 is 10.0 Å². The van der Waals surface area contributed by atoms with Gasteiger partial charge in [-0.05, 0) is 61.7 Å². The lowest BCUT2D eigenvalue weighted by Crippen LogP contribution is -2.26. The van der Waals surface area contributed by atoms with Crippen LogP contribution in [-0.2, 0) is 16.4 Å². The highest BCUT2D eigenvalue weighted by molar-refractivity contribution is 7.89. The smallest absolute Gasteiger partial charge is 0.240 e. The van der Waals surface area contributed by atoms with Gasteiger partial charge in [0.15, 0.2) is 5.76 Å². The van der Waals surface area contributed by atoms with Crippen molar-refractivity contribution >= 4 is 21.6 Å². The molecule has 0 unspecified atom stereocenters. The van der Waals surface area contributed by atoms with Gasteiger partial charge in [0.05, 0.1) is 10.6 Å². The van der Waals surface area contributed by atoms with Gasteiger partial charge in [-0.3, -0.25) is 0 Å². The highest BCUT2D eigenvalue weighted by Gasteiger charge is 2.17. The third kappa shape index (κ3) is 4.33. The third-order valence-corrected chi connectivity index (χ3v) is 5.87. The van der Waals surface area contributed by atoms with Crippen LogP contribution in [0.4, 0.5) is 0 Å². The quantitative estimate of drug-likeness (QED) is 0.686. The van der Waals surface area contributed by atoms with E-state index in [2.05, 4.69) is 9.88 Å². The van der Waals surface area contributed by atoms with Crippen molar-refractivity contribution in [2.24, 2.45) is 0 Å². The van der Waals surface area contributed by atoms with Crippen LogP contribution in [0.2, 0.25) is 5.02 Å². The average molecular weight is 391 g/mol. The second kappa shape index (κ2) is 7.61. The maximum absolute atomic E-state index is 12.6. The predicted molar refractivity (Wildman–Crippen MR) is 102 cm³/mol. The fraction of sp³-hybridized carbons (Fsp3) is 0.211. The van der Waals surface area contributed by atoms with Crippen molar-refractivity contribution in [3.05, 3.63) is 70.4 Å². The normalized spacial score (nSPS) is 11.7. The maximum Gasteiger partial charge on any atom is 0.240 e. The number of nitrogens with one attached hydrogen (secondary N) is 1.